The lowest BCUT2D eigenvalue weighted by Gasteiger charge is -2.28. The van der Waals surface area contributed by atoms with Gasteiger partial charge in [-0.15, -0.1) is 0 Å². The van der Waals surface area contributed by atoms with Crippen LogP contribution in [-0.4, -0.2) is 11.4 Å². The van der Waals surface area contributed by atoms with Gasteiger partial charge in [0.25, 0.3) is 0 Å². The highest BCUT2D eigenvalue weighted by molar-refractivity contribution is 6.68. The van der Waals surface area contributed by atoms with Gasteiger partial charge in [-0.05, 0) is 23.0 Å². The van der Waals surface area contributed by atoms with E-state index < -0.39 is 0 Å². The molecule has 2 nitrogen and oxygen atoms in total. The Hall–Kier alpha value is -0.630. The lowest BCUT2D eigenvalue weighted by molar-refractivity contribution is 0.308. The molecular formula is C10H17ClN2. The molecule has 0 amide bonds. The average molecular weight is 201 g/mol. The van der Waals surface area contributed by atoms with Crippen LogP contribution >= 0.6 is 11.6 Å². The van der Waals surface area contributed by atoms with E-state index in [1.807, 2.05) is 6.92 Å². The van der Waals surface area contributed by atoms with Crippen molar-refractivity contribution in [2.24, 2.45) is 11.3 Å². The van der Waals surface area contributed by atoms with E-state index in [0.29, 0.717) is 0 Å². The summed E-state index contributed by atoms with van der Waals surface area (Å²) < 4.78 is 0. The maximum absolute atomic E-state index is 7.36. The highest BCUT2D eigenvalue weighted by atomic mass is 35.5. The Bertz CT molecular complexity index is 236. The third-order valence-corrected chi connectivity index (χ3v) is 2.50. The van der Waals surface area contributed by atoms with Crippen LogP contribution in [0.5, 0.6) is 0 Å². The zero-order chi connectivity index (χ0) is 10.6. The van der Waals surface area contributed by atoms with Gasteiger partial charge in [0.05, 0.1) is 0 Å². The van der Waals surface area contributed by atoms with Gasteiger partial charge in [0.2, 0.25) is 0 Å². The molecule has 0 bridgehead atoms. The minimum absolute atomic E-state index is 0.0333. The molecule has 0 aromatic rings. The van der Waals surface area contributed by atoms with Crippen molar-refractivity contribution in [1.29, 1.82) is 10.8 Å². The van der Waals surface area contributed by atoms with Gasteiger partial charge in [0.1, 0.15) is 5.17 Å². The fraction of sp³-hybridized carbons (Fsp3) is 0.600. The van der Waals surface area contributed by atoms with Crippen LogP contribution < -0.4 is 0 Å². The summed E-state index contributed by atoms with van der Waals surface area (Å²) in [6.45, 7) is 8.30. The summed E-state index contributed by atoms with van der Waals surface area (Å²) in [6, 6.07) is 0. The van der Waals surface area contributed by atoms with E-state index in [1.165, 1.54) is 6.21 Å². The Labute approximate surface area is 85.0 Å². The maximum atomic E-state index is 7.36. The zero-order valence-corrected chi connectivity index (χ0v) is 9.37. The second-order valence-electron chi connectivity index (χ2n) is 4.19. The fourth-order valence-corrected chi connectivity index (χ4v) is 1.19. The molecule has 1 unspecified atom stereocenters. The Morgan fingerprint density at radius 3 is 2.08 bits per heavy atom. The molecule has 1 atom stereocenters. The van der Waals surface area contributed by atoms with Crippen LogP contribution in [-0.2, 0) is 0 Å². The van der Waals surface area contributed by atoms with Crippen molar-refractivity contribution < 1.29 is 0 Å². The van der Waals surface area contributed by atoms with E-state index >= 15 is 0 Å². The third kappa shape index (κ3) is 3.73. The summed E-state index contributed by atoms with van der Waals surface area (Å²) >= 11 is 5.64. The molecule has 0 rings (SSSR count). The molecule has 0 aliphatic rings. The second-order valence-corrected chi connectivity index (χ2v) is 4.57. The first kappa shape index (κ1) is 12.4. The molecule has 0 radical (unpaired) electrons. The maximum Gasteiger partial charge on any atom is 0.124 e. The van der Waals surface area contributed by atoms with Crippen LogP contribution in [0.4, 0.5) is 0 Å². The summed E-state index contributed by atoms with van der Waals surface area (Å²) in [7, 11) is 0. The van der Waals surface area contributed by atoms with Crippen LogP contribution in [0.3, 0.4) is 0 Å². The number of hydrogen-bond donors (Lipinski definition) is 2. The van der Waals surface area contributed by atoms with Gasteiger partial charge in [0, 0.05) is 6.21 Å². The van der Waals surface area contributed by atoms with E-state index in [2.05, 4.69) is 20.8 Å². The molecule has 0 aromatic heterocycles. The molecule has 13 heavy (non-hydrogen) atoms. The van der Waals surface area contributed by atoms with Crippen molar-refractivity contribution in [1.82, 2.24) is 0 Å². The number of halogens is 1. The monoisotopic (exact) mass is 200 g/mol. The van der Waals surface area contributed by atoms with Gasteiger partial charge in [-0.1, -0.05) is 39.3 Å². The fourth-order valence-electron chi connectivity index (χ4n) is 0.964. The normalized spacial score (nSPS) is 15.3. The molecule has 0 heterocycles. The van der Waals surface area contributed by atoms with Crippen LogP contribution in [0.15, 0.2) is 11.6 Å². The van der Waals surface area contributed by atoms with Crippen molar-refractivity contribution in [3.63, 3.8) is 0 Å². The van der Waals surface area contributed by atoms with Crippen molar-refractivity contribution >= 4 is 23.0 Å². The highest BCUT2D eigenvalue weighted by Crippen LogP contribution is 2.32. The first-order chi connectivity index (χ1) is 5.80. The lowest BCUT2D eigenvalue weighted by atomic mass is 9.77. The van der Waals surface area contributed by atoms with Gasteiger partial charge < -0.3 is 5.41 Å². The number of rotatable bonds is 3. The van der Waals surface area contributed by atoms with Gasteiger partial charge in [-0.3, -0.25) is 5.41 Å². The van der Waals surface area contributed by atoms with Crippen LogP contribution in [0.2, 0.25) is 0 Å². The van der Waals surface area contributed by atoms with E-state index in [0.717, 1.165) is 5.57 Å². The SMILES string of the molecule is CC(/C(=C/C=N)C(=N)Cl)C(C)(C)C. The summed E-state index contributed by atoms with van der Waals surface area (Å²) in [6.07, 6.45) is 2.76. The average Bonchev–Trinajstić information content (AvgIpc) is 1.96. The van der Waals surface area contributed by atoms with E-state index in [4.69, 9.17) is 22.4 Å². The minimum atomic E-state index is 0.0333. The quantitative estimate of drug-likeness (QED) is 0.656. The summed E-state index contributed by atoms with van der Waals surface area (Å²) in [5.41, 5.74) is 0.792. The van der Waals surface area contributed by atoms with Crippen molar-refractivity contribution in [3.8, 4) is 0 Å². The lowest BCUT2D eigenvalue weighted by Crippen LogP contribution is -2.21. The predicted molar refractivity (Wildman–Crippen MR) is 59.1 cm³/mol. The predicted octanol–water partition coefficient (Wildman–Crippen LogP) is 3.46. The first-order valence-electron chi connectivity index (χ1n) is 4.25. The van der Waals surface area contributed by atoms with E-state index in [-0.39, 0.29) is 16.5 Å². The Morgan fingerprint density at radius 2 is 1.85 bits per heavy atom. The molecule has 74 valence electrons. The van der Waals surface area contributed by atoms with Gasteiger partial charge in [0.15, 0.2) is 0 Å². The second kappa shape index (κ2) is 4.56. The largest absolute Gasteiger partial charge is 0.309 e. The summed E-state index contributed by atoms with van der Waals surface area (Å²) in [4.78, 5) is 0. The smallest absolute Gasteiger partial charge is 0.124 e. The molecule has 0 saturated carbocycles. The van der Waals surface area contributed by atoms with Crippen molar-refractivity contribution in [2.45, 2.75) is 27.7 Å². The van der Waals surface area contributed by atoms with Crippen LogP contribution in [0.25, 0.3) is 0 Å². The number of hydrogen-bond acceptors (Lipinski definition) is 2. The molecule has 2 N–H and O–H groups in total. The van der Waals surface area contributed by atoms with E-state index in [1.54, 1.807) is 6.08 Å². The standard InChI is InChI=1S/C10H17ClN2/c1-7(10(2,3)4)8(5-6-12)9(11)13/h5-7,12-13H,1-4H3/b8-5-,12-6?,13-9?. The number of nitrogens with one attached hydrogen (secondary N) is 2. The molecule has 0 aliphatic heterocycles. The molecule has 0 saturated heterocycles. The number of allylic oxidation sites excluding steroid dienone is 2. The van der Waals surface area contributed by atoms with Crippen LogP contribution in [0.1, 0.15) is 27.7 Å². The summed E-state index contributed by atoms with van der Waals surface area (Å²) in [5, 5.41) is 14.4. The Balaban J connectivity index is 4.88. The van der Waals surface area contributed by atoms with Crippen molar-refractivity contribution in [2.75, 3.05) is 0 Å². The highest BCUT2D eigenvalue weighted by Gasteiger charge is 2.24. The Morgan fingerprint density at radius 1 is 1.38 bits per heavy atom. The zero-order valence-electron chi connectivity index (χ0n) is 8.61. The third-order valence-electron chi connectivity index (χ3n) is 2.28. The van der Waals surface area contributed by atoms with E-state index in [9.17, 15) is 0 Å². The van der Waals surface area contributed by atoms with Crippen molar-refractivity contribution in [3.05, 3.63) is 11.6 Å². The van der Waals surface area contributed by atoms with Gasteiger partial charge in [-0.25, -0.2) is 0 Å². The first-order valence-corrected chi connectivity index (χ1v) is 4.63. The van der Waals surface area contributed by atoms with Gasteiger partial charge >= 0.3 is 0 Å². The molecular weight excluding hydrogens is 184 g/mol. The molecule has 3 heteroatoms. The van der Waals surface area contributed by atoms with Crippen LogP contribution in [0, 0.1) is 22.2 Å². The molecule has 0 fully saturated rings. The topological polar surface area (TPSA) is 47.7 Å². The minimum Gasteiger partial charge on any atom is -0.309 e. The van der Waals surface area contributed by atoms with Gasteiger partial charge in [-0.2, -0.15) is 0 Å². The molecule has 0 spiro atoms. The summed E-state index contributed by atoms with van der Waals surface area (Å²) in [5.74, 6) is 0.180. The molecule has 0 aromatic carbocycles. The molecule has 0 aliphatic carbocycles. The Kier molecular flexibility index (Phi) is 4.34.